The van der Waals surface area contributed by atoms with Crippen molar-refractivity contribution in [3.63, 3.8) is 0 Å². The first-order valence-electron chi connectivity index (χ1n) is 6.38. The average Bonchev–Trinajstić information content (AvgIpc) is 2.36. The molecule has 1 rings (SSSR count). The smallest absolute Gasteiger partial charge is 0.253 e. The van der Waals surface area contributed by atoms with E-state index in [0.717, 1.165) is 18.9 Å². The molecule has 5 nitrogen and oxygen atoms in total. The zero-order valence-corrected chi connectivity index (χ0v) is 14.4. The fourth-order valence-corrected chi connectivity index (χ4v) is 3.09. The van der Waals surface area contributed by atoms with Crippen LogP contribution in [0.1, 0.15) is 44.0 Å². The van der Waals surface area contributed by atoms with Crippen molar-refractivity contribution in [2.24, 2.45) is 5.14 Å². The molecule has 118 valence electrons. The summed E-state index contributed by atoms with van der Waals surface area (Å²) in [7, 11) is -4.03. The van der Waals surface area contributed by atoms with Crippen molar-refractivity contribution < 1.29 is 13.2 Å². The summed E-state index contributed by atoms with van der Waals surface area (Å²) in [6, 6.07) is 2.30. The first-order chi connectivity index (χ1) is 9.54. The van der Waals surface area contributed by atoms with Crippen LogP contribution in [0.15, 0.2) is 17.0 Å². The second-order valence-corrected chi connectivity index (χ2v) is 7.37. The molecule has 1 amide bonds. The largest absolute Gasteiger partial charge is 0.347 e. The summed E-state index contributed by atoms with van der Waals surface area (Å²) in [5.41, 5.74) is -0.375. The number of primary sulfonamides is 1. The molecule has 0 aliphatic rings. The minimum absolute atomic E-state index is 0.0261. The van der Waals surface area contributed by atoms with Crippen LogP contribution in [-0.4, -0.2) is 19.9 Å². The molecule has 21 heavy (non-hydrogen) atoms. The number of amides is 1. The van der Waals surface area contributed by atoms with Gasteiger partial charge < -0.3 is 5.32 Å². The predicted molar refractivity (Wildman–Crippen MR) is 84.3 cm³/mol. The highest BCUT2D eigenvalue weighted by atomic mass is 35.5. The van der Waals surface area contributed by atoms with Gasteiger partial charge >= 0.3 is 0 Å². The highest BCUT2D eigenvalue weighted by molar-refractivity contribution is 7.89. The van der Waals surface area contributed by atoms with Crippen LogP contribution in [0.2, 0.25) is 10.0 Å². The molecule has 0 aromatic heterocycles. The maximum atomic E-state index is 12.3. The number of hydrogen-bond acceptors (Lipinski definition) is 3. The van der Waals surface area contributed by atoms with E-state index < -0.39 is 21.5 Å². The Labute approximate surface area is 134 Å². The lowest BCUT2D eigenvalue weighted by atomic mass is 9.95. The number of sulfonamides is 1. The summed E-state index contributed by atoms with van der Waals surface area (Å²) >= 11 is 11.8. The Hall–Kier alpha value is -0.820. The Morgan fingerprint density at radius 1 is 1.24 bits per heavy atom. The summed E-state index contributed by atoms with van der Waals surface area (Å²) in [5.74, 6) is -0.465. The number of benzene rings is 1. The normalized spacial score (nSPS) is 12.3. The molecule has 1 aromatic carbocycles. The average molecular weight is 353 g/mol. The topological polar surface area (TPSA) is 89.3 Å². The van der Waals surface area contributed by atoms with Gasteiger partial charge in [-0.3, -0.25) is 4.79 Å². The Kier molecular flexibility index (Phi) is 5.66. The second kappa shape index (κ2) is 6.52. The van der Waals surface area contributed by atoms with Gasteiger partial charge in [0.2, 0.25) is 10.0 Å². The van der Waals surface area contributed by atoms with Gasteiger partial charge in [0.15, 0.2) is 0 Å². The van der Waals surface area contributed by atoms with Crippen molar-refractivity contribution in [1.29, 1.82) is 0 Å². The van der Waals surface area contributed by atoms with E-state index in [1.165, 1.54) is 6.07 Å². The highest BCUT2D eigenvalue weighted by Gasteiger charge is 2.25. The molecule has 0 saturated heterocycles. The number of carbonyl (C=O) groups excluding carboxylic acids is 1. The van der Waals surface area contributed by atoms with Gasteiger partial charge in [0.05, 0.1) is 15.6 Å². The van der Waals surface area contributed by atoms with E-state index in [1.54, 1.807) is 0 Å². The van der Waals surface area contributed by atoms with Crippen LogP contribution in [0, 0.1) is 0 Å². The molecule has 0 aliphatic heterocycles. The number of halogens is 2. The molecule has 0 spiro atoms. The van der Waals surface area contributed by atoms with E-state index in [9.17, 15) is 13.2 Å². The third kappa shape index (κ3) is 4.32. The van der Waals surface area contributed by atoms with E-state index in [1.807, 2.05) is 20.8 Å². The van der Waals surface area contributed by atoms with Crippen molar-refractivity contribution in [3.8, 4) is 0 Å². The Morgan fingerprint density at radius 2 is 1.76 bits per heavy atom. The van der Waals surface area contributed by atoms with Crippen molar-refractivity contribution in [3.05, 3.63) is 27.7 Å². The van der Waals surface area contributed by atoms with Crippen molar-refractivity contribution in [2.75, 3.05) is 0 Å². The van der Waals surface area contributed by atoms with Gasteiger partial charge in [0, 0.05) is 5.54 Å². The van der Waals surface area contributed by atoms with Crippen LogP contribution in [-0.2, 0) is 10.0 Å². The van der Waals surface area contributed by atoms with Gasteiger partial charge in [0.25, 0.3) is 5.91 Å². The molecule has 0 heterocycles. The third-order valence-corrected chi connectivity index (χ3v) is 5.24. The van der Waals surface area contributed by atoms with E-state index in [0.29, 0.717) is 0 Å². The molecule has 0 aliphatic carbocycles. The van der Waals surface area contributed by atoms with Crippen LogP contribution in [0.25, 0.3) is 0 Å². The van der Waals surface area contributed by atoms with Gasteiger partial charge in [-0.25, -0.2) is 13.6 Å². The molecule has 0 atom stereocenters. The minimum Gasteiger partial charge on any atom is -0.347 e. The number of nitrogens with one attached hydrogen (secondary N) is 1. The van der Waals surface area contributed by atoms with Crippen LogP contribution in [0.5, 0.6) is 0 Å². The summed E-state index contributed by atoms with van der Waals surface area (Å²) in [6.07, 6.45) is 1.45. The predicted octanol–water partition coefficient (Wildman–Crippen LogP) is 2.95. The van der Waals surface area contributed by atoms with E-state index in [4.69, 9.17) is 28.3 Å². The van der Waals surface area contributed by atoms with Gasteiger partial charge in [-0.05, 0) is 31.9 Å². The zero-order valence-electron chi connectivity index (χ0n) is 12.0. The molecule has 0 unspecified atom stereocenters. The van der Waals surface area contributed by atoms with E-state index in [-0.39, 0.29) is 20.5 Å². The van der Waals surface area contributed by atoms with Gasteiger partial charge in [-0.15, -0.1) is 0 Å². The second-order valence-electron chi connectivity index (χ2n) is 5.03. The Bertz CT molecular complexity index is 656. The fourth-order valence-electron chi connectivity index (χ4n) is 1.69. The molecule has 0 radical (unpaired) electrons. The lowest BCUT2D eigenvalue weighted by Crippen LogP contribution is -2.45. The minimum atomic E-state index is -4.03. The van der Waals surface area contributed by atoms with E-state index in [2.05, 4.69) is 5.32 Å². The number of hydrogen-bond donors (Lipinski definition) is 2. The monoisotopic (exact) mass is 352 g/mol. The van der Waals surface area contributed by atoms with Crippen molar-refractivity contribution in [1.82, 2.24) is 5.32 Å². The molecule has 1 aromatic rings. The Morgan fingerprint density at radius 3 is 2.19 bits per heavy atom. The van der Waals surface area contributed by atoms with Gasteiger partial charge in [-0.1, -0.05) is 37.0 Å². The molecule has 0 fully saturated rings. The SMILES string of the molecule is CCC(C)(CC)NC(=O)c1cc(S(N)(=O)=O)c(Cl)cc1Cl. The maximum absolute atomic E-state index is 12.3. The lowest BCUT2D eigenvalue weighted by molar-refractivity contribution is 0.0901. The zero-order chi connectivity index (χ0) is 16.4. The summed E-state index contributed by atoms with van der Waals surface area (Å²) in [4.78, 5) is 12.0. The van der Waals surface area contributed by atoms with Crippen LogP contribution in [0.4, 0.5) is 0 Å². The standard InChI is InChI=1S/C13H18Cl2N2O3S/c1-4-13(3,5-2)17-12(18)8-6-11(21(16,19)20)10(15)7-9(8)14/h6-7H,4-5H2,1-3H3,(H,17,18)(H2,16,19,20). The van der Waals surface area contributed by atoms with Crippen molar-refractivity contribution in [2.45, 2.75) is 44.0 Å². The Balaban J connectivity index is 3.28. The van der Waals surface area contributed by atoms with Crippen LogP contribution >= 0.6 is 23.2 Å². The number of nitrogens with two attached hydrogens (primary N) is 1. The van der Waals surface area contributed by atoms with Crippen LogP contribution < -0.4 is 10.5 Å². The fraction of sp³-hybridized carbons (Fsp3) is 0.462. The van der Waals surface area contributed by atoms with E-state index >= 15 is 0 Å². The molecular formula is C13H18Cl2N2O3S. The van der Waals surface area contributed by atoms with Crippen molar-refractivity contribution >= 4 is 39.1 Å². The summed E-state index contributed by atoms with van der Waals surface area (Å²) in [6.45, 7) is 5.79. The molecule has 0 bridgehead atoms. The first kappa shape index (κ1) is 18.2. The van der Waals surface area contributed by atoms with Gasteiger partial charge in [0.1, 0.15) is 4.90 Å². The quantitative estimate of drug-likeness (QED) is 0.853. The van der Waals surface area contributed by atoms with Crippen LogP contribution in [0.3, 0.4) is 0 Å². The molecule has 0 saturated carbocycles. The van der Waals surface area contributed by atoms with Gasteiger partial charge in [-0.2, -0.15) is 0 Å². The summed E-state index contributed by atoms with van der Waals surface area (Å²) < 4.78 is 22.9. The third-order valence-electron chi connectivity index (χ3n) is 3.55. The number of carbonyl (C=O) groups is 1. The summed E-state index contributed by atoms with van der Waals surface area (Å²) in [5, 5.41) is 7.87. The number of rotatable bonds is 5. The molecule has 3 N–H and O–H groups in total. The highest BCUT2D eigenvalue weighted by Crippen LogP contribution is 2.28. The first-order valence-corrected chi connectivity index (χ1v) is 8.68. The molecule has 8 heteroatoms. The maximum Gasteiger partial charge on any atom is 0.253 e. The lowest BCUT2D eigenvalue weighted by Gasteiger charge is -2.28. The molecular weight excluding hydrogens is 335 g/mol.